The van der Waals surface area contributed by atoms with E-state index in [9.17, 15) is 0 Å². The Labute approximate surface area is 245 Å². The van der Waals surface area contributed by atoms with Crippen LogP contribution in [0.1, 0.15) is 134 Å². The fraction of sp³-hybridized carbons (Fsp3) is 0.600. The third kappa shape index (κ3) is 13.4. The number of hydrogen-bond acceptors (Lipinski definition) is 2. The third-order valence-corrected chi connectivity index (χ3v) is 7.28. The standard InChI is InChI=1S/C35H54N2.Ni/c1-6-10-14-18-30-22-24-34(26-32(30)20-16-12-8-3)36-28-29(5)37-35-25-23-31(19-15-11-7-2)33(27-35)21-17-13-9-4;/h22-28H,6-21H2,1-5H3;. The summed E-state index contributed by atoms with van der Waals surface area (Å²) in [5, 5.41) is 0. The normalized spacial score (nSPS) is 11.8. The molecule has 0 N–H and O–H groups in total. The SMILES string of the molecule is CCCCCc1ccc(N=CC(C)=Nc2ccc(CCCCC)c(CCCCC)c2)cc1CCCCC.[Ni]. The smallest absolute Gasteiger partial charge is 0.0636 e. The van der Waals surface area contributed by atoms with E-state index >= 15 is 0 Å². The minimum atomic E-state index is 0. The molecule has 0 heterocycles. The van der Waals surface area contributed by atoms with Crippen molar-refractivity contribution in [1.82, 2.24) is 0 Å². The second-order valence-electron chi connectivity index (χ2n) is 10.7. The van der Waals surface area contributed by atoms with Gasteiger partial charge in [-0.2, -0.15) is 0 Å². The summed E-state index contributed by atoms with van der Waals surface area (Å²) in [4.78, 5) is 9.74. The molecule has 0 spiro atoms. The Morgan fingerprint density at radius 2 is 0.947 bits per heavy atom. The number of unbranched alkanes of at least 4 members (excludes halogenated alkanes) is 8. The predicted octanol–water partition coefficient (Wildman–Crippen LogP) is 11.1. The van der Waals surface area contributed by atoms with Gasteiger partial charge in [0, 0.05) is 22.7 Å². The average Bonchev–Trinajstić information content (AvgIpc) is 2.90. The van der Waals surface area contributed by atoms with E-state index in [0.717, 1.165) is 29.9 Å². The number of rotatable bonds is 19. The molecule has 0 unspecified atom stereocenters. The van der Waals surface area contributed by atoms with Gasteiger partial charge in [-0.3, -0.25) is 9.98 Å². The first-order valence-corrected chi connectivity index (χ1v) is 15.4. The van der Waals surface area contributed by atoms with Crippen LogP contribution in [0, 0.1) is 0 Å². The molecule has 3 heteroatoms. The summed E-state index contributed by atoms with van der Waals surface area (Å²) in [6.45, 7) is 11.2. The van der Waals surface area contributed by atoms with E-state index in [1.165, 1.54) is 112 Å². The first-order valence-electron chi connectivity index (χ1n) is 15.4. The molecule has 214 valence electrons. The Hall–Kier alpha value is -1.73. The number of hydrogen-bond donors (Lipinski definition) is 0. The van der Waals surface area contributed by atoms with Gasteiger partial charge < -0.3 is 0 Å². The van der Waals surface area contributed by atoms with Crippen LogP contribution < -0.4 is 0 Å². The van der Waals surface area contributed by atoms with Crippen LogP contribution >= 0.6 is 0 Å². The molecule has 0 radical (unpaired) electrons. The van der Waals surface area contributed by atoms with E-state index in [2.05, 4.69) is 71.0 Å². The quantitative estimate of drug-likeness (QED) is 0.0926. The number of nitrogens with zero attached hydrogens (tertiary/aromatic N) is 2. The van der Waals surface area contributed by atoms with Crippen LogP contribution in [0.3, 0.4) is 0 Å². The van der Waals surface area contributed by atoms with Gasteiger partial charge >= 0.3 is 0 Å². The summed E-state index contributed by atoms with van der Waals surface area (Å²) in [6, 6.07) is 13.7. The van der Waals surface area contributed by atoms with Crippen LogP contribution in [0.4, 0.5) is 11.4 Å². The summed E-state index contributed by atoms with van der Waals surface area (Å²) in [5.41, 5.74) is 9.08. The van der Waals surface area contributed by atoms with Gasteiger partial charge in [0.05, 0.1) is 17.1 Å². The van der Waals surface area contributed by atoms with Crippen LogP contribution in [0.15, 0.2) is 46.4 Å². The zero-order valence-electron chi connectivity index (χ0n) is 25.1. The molecule has 0 aliphatic rings. The van der Waals surface area contributed by atoms with Gasteiger partial charge in [-0.25, -0.2) is 0 Å². The van der Waals surface area contributed by atoms with E-state index in [-0.39, 0.29) is 16.5 Å². The van der Waals surface area contributed by atoms with Gasteiger partial charge in [-0.1, -0.05) is 91.2 Å². The van der Waals surface area contributed by atoms with Crippen LogP contribution in [0.2, 0.25) is 0 Å². The minimum Gasteiger partial charge on any atom is -0.255 e. The molecule has 0 aromatic heterocycles. The molecule has 2 aromatic carbocycles. The van der Waals surface area contributed by atoms with Crippen molar-refractivity contribution < 1.29 is 16.5 Å². The summed E-state index contributed by atoms with van der Waals surface area (Å²) < 4.78 is 0. The van der Waals surface area contributed by atoms with Gasteiger partial charge in [0.15, 0.2) is 0 Å². The minimum absolute atomic E-state index is 0. The monoisotopic (exact) mass is 560 g/mol. The van der Waals surface area contributed by atoms with Gasteiger partial charge in [0.1, 0.15) is 0 Å². The molecule has 0 saturated carbocycles. The van der Waals surface area contributed by atoms with E-state index in [1.54, 1.807) is 0 Å². The average molecular weight is 562 g/mol. The maximum Gasteiger partial charge on any atom is 0.0636 e. The molecule has 2 rings (SSSR count). The van der Waals surface area contributed by atoms with Gasteiger partial charge in [-0.15, -0.1) is 0 Å². The molecule has 2 nitrogen and oxygen atoms in total. The topological polar surface area (TPSA) is 24.7 Å². The number of aryl methyl sites for hydroxylation is 4. The van der Waals surface area contributed by atoms with Crippen molar-refractivity contribution in [3.8, 4) is 0 Å². The number of aliphatic imine (C=N–C) groups is 2. The Bertz CT molecular complexity index is 960. The van der Waals surface area contributed by atoms with E-state index in [1.807, 2.05) is 6.21 Å². The Kier molecular flexibility index (Phi) is 19.1. The van der Waals surface area contributed by atoms with E-state index in [4.69, 9.17) is 9.98 Å². The Morgan fingerprint density at radius 3 is 1.39 bits per heavy atom. The second-order valence-corrected chi connectivity index (χ2v) is 10.7. The fourth-order valence-corrected chi connectivity index (χ4v) is 4.99. The van der Waals surface area contributed by atoms with Gasteiger partial charge in [-0.05, 0) is 105 Å². The van der Waals surface area contributed by atoms with Crippen LogP contribution in [-0.2, 0) is 42.2 Å². The molecule has 0 aliphatic carbocycles. The van der Waals surface area contributed by atoms with Crippen LogP contribution in [0.5, 0.6) is 0 Å². The van der Waals surface area contributed by atoms with Crippen LogP contribution in [0.25, 0.3) is 0 Å². The summed E-state index contributed by atoms with van der Waals surface area (Å²) in [7, 11) is 0. The second kappa shape index (κ2) is 21.1. The molecule has 2 aromatic rings. The molecule has 0 bridgehead atoms. The third-order valence-electron chi connectivity index (χ3n) is 7.28. The fourth-order valence-electron chi connectivity index (χ4n) is 4.99. The Balaban J connectivity index is 0.00000722. The van der Waals surface area contributed by atoms with Crippen molar-refractivity contribution in [3.63, 3.8) is 0 Å². The van der Waals surface area contributed by atoms with Crippen molar-refractivity contribution in [2.75, 3.05) is 0 Å². The first kappa shape index (κ1) is 34.3. The molecule has 0 amide bonds. The molecule has 0 fully saturated rings. The Morgan fingerprint density at radius 1 is 0.553 bits per heavy atom. The van der Waals surface area contributed by atoms with Crippen molar-refractivity contribution >= 4 is 23.3 Å². The predicted molar refractivity (Wildman–Crippen MR) is 167 cm³/mol. The molecule has 0 saturated heterocycles. The molecule has 0 aliphatic heterocycles. The van der Waals surface area contributed by atoms with E-state index in [0.29, 0.717) is 0 Å². The zero-order chi connectivity index (χ0) is 26.7. The summed E-state index contributed by atoms with van der Waals surface area (Å²) in [6.07, 6.45) is 22.0. The zero-order valence-corrected chi connectivity index (χ0v) is 26.1. The van der Waals surface area contributed by atoms with E-state index < -0.39 is 0 Å². The number of benzene rings is 2. The largest absolute Gasteiger partial charge is 0.255 e. The molecular formula is C35H54N2Ni. The molecule has 0 atom stereocenters. The maximum atomic E-state index is 4.92. The molecule has 38 heavy (non-hydrogen) atoms. The molecular weight excluding hydrogens is 507 g/mol. The van der Waals surface area contributed by atoms with Crippen LogP contribution in [-0.4, -0.2) is 11.9 Å². The van der Waals surface area contributed by atoms with Crippen molar-refractivity contribution in [1.29, 1.82) is 0 Å². The summed E-state index contributed by atoms with van der Waals surface area (Å²) in [5.74, 6) is 0. The summed E-state index contributed by atoms with van der Waals surface area (Å²) >= 11 is 0. The first-order chi connectivity index (χ1) is 18.1. The van der Waals surface area contributed by atoms with Gasteiger partial charge in [0.25, 0.3) is 0 Å². The maximum absolute atomic E-state index is 4.92. The van der Waals surface area contributed by atoms with Gasteiger partial charge in [0.2, 0.25) is 0 Å². The van der Waals surface area contributed by atoms with Crippen molar-refractivity contribution in [2.45, 2.75) is 137 Å². The van der Waals surface area contributed by atoms with Crippen molar-refractivity contribution in [2.24, 2.45) is 9.98 Å². The van der Waals surface area contributed by atoms with Crippen molar-refractivity contribution in [3.05, 3.63) is 58.7 Å².